The van der Waals surface area contributed by atoms with Crippen molar-refractivity contribution in [3.05, 3.63) is 22.3 Å². The second-order valence-electron chi connectivity index (χ2n) is 5.99. The van der Waals surface area contributed by atoms with Gasteiger partial charge in [-0.25, -0.2) is 13.1 Å². The maximum Gasteiger partial charge on any atom is 0.220 e. The van der Waals surface area contributed by atoms with Gasteiger partial charge in [-0.1, -0.05) is 6.08 Å². The summed E-state index contributed by atoms with van der Waals surface area (Å²) in [6.45, 7) is 5.53. The van der Waals surface area contributed by atoms with Crippen molar-refractivity contribution >= 4 is 28.6 Å². The number of rotatable bonds is 8. The summed E-state index contributed by atoms with van der Waals surface area (Å²) in [5, 5.41) is 2.52. The number of hydrogen-bond donors (Lipinski definition) is 4. The highest BCUT2D eigenvalue weighted by atomic mass is 32.2. The van der Waals surface area contributed by atoms with Crippen molar-refractivity contribution in [1.29, 1.82) is 0 Å². The topological polar surface area (TPSA) is 101 Å². The van der Waals surface area contributed by atoms with Crippen molar-refractivity contribution in [1.82, 2.24) is 10.0 Å². The summed E-state index contributed by atoms with van der Waals surface area (Å²) in [4.78, 5) is 12.7. The van der Waals surface area contributed by atoms with E-state index in [1.54, 1.807) is 13.8 Å². The maximum atomic E-state index is 12.0. The predicted octanol–water partition coefficient (Wildman–Crippen LogP) is 1.42. The number of sulfonamides is 1. The first-order valence-electron chi connectivity index (χ1n) is 7.78. The number of unbranched alkanes of at least 4 members (excludes halogenated alkanes) is 1. The van der Waals surface area contributed by atoms with E-state index < -0.39 is 15.3 Å². The van der Waals surface area contributed by atoms with E-state index in [9.17, 15) is 13.2 Å². The van der Waals surface area contributed by atoms with Gasteiger partial charge < -0.3 is 11.1 Å². The summed E-state index contributed by atoms with van der Waals surface area (Å²) in [7, 11) is -3.22. The summed E-state index contributed by atoms with van der Waals surface area (Å²) >= 11 is 4.34. The van der Waals surface area contributed by atoms with E-state index in [1.807, 2.05) is 13.0 Å². The number of nitrogens with one attached hydrogen (secondary N) is 2. The molecule has 0 saturated carbocycles. The molecule has 0 unspecified atom stereocenters. The van der Waals surface area contributed by atoms with Crippen LogP contribution in [0.1, 0.15) is 46.5 Å². The first-order chi connectivity index (χ1) is 10.6. The lowest BCUT2D eigenvalue weighted by Crippen LogP contribution is -2.37. The van der Waals surface area contributed by atoms with Crippen LogP contribution < -0.4 is 15.8 Å². The predicted molar refractivity (Wildman–Crippen MR) is 96.4 cm³/mol. The molecule has 0 aromatic rings. The molecule has 1 rings (SSSR count). The fourth-order valence-electron chi connectivity index (χ4n) is 2.14. The van der Waals surface area contributed by atoms with Gasteiger partial charge >= 0.3 is 0 Å². The third-order valence-corrected chi connectivity index (χ3v) is 6.29. The Kier molecular flexibility index (Phi) is 7.63. The molecule has 23 heavy (non-hydrogen) atoms. The highest BCUT2D eigenvalue weighted by Crippen LogP contribution is 2.25. The number of hydrogen-bond acceptors (Lipinski definition) is 5. The Morgan fingerprint density at radius 1 is 1.43 bits per heavy atom. The van der Waals surface area contributed by atoms with Crippen LogP contribution >= 0.6 is 12.6 Å². The van der Waals surface area contributed by atoms with E-state index in [1.165, 1.54) is 0 Å². The molecule has 132 valence electrons. The molecule has 0 saturated heterocycles. The molecular weight excluding hydrogens is 334 g/mol. The Morgan fingerprint density at radius 2 is 2.09 bits per heavy atom. The van der Waals surface area contributed by atoms with Gasteiger partial charge in [0.1, 0.15) is 0 Å². The van der Waals surface area contributed by atoms with Crippen molar-refractivity contribution in [2.75, 3.05) is 6.54 Å². The zero-order valence-electron chi connectivity index (χ0n) is 13.9. The van der Waals surface area contributed by atoms with Gasteiger partial charge in [0.05, 0.1) is 11.3 Å². The van der Waals surface area contributed by atoms with Crippen molar-refractivity contribution in [3.8, 4) is 0 Å². The summed E-state index contributed by atoms with van der Waals surface area (Å²) in [5.74, 6) is -0.0453. The molecule has 1 amide bonds. The van der Waals surface area contributed by atoms with E-state index >= 15 is 0 Å². The fourth-order valence-corrected chi connectivity index (χ4v) is 3.15. The van der Waals surface area contributed by atoms with Crippen molar-refractivity contribution in [2.45, 2.75) is 57.7 Å². The van der Waals surface area contributed by atoms with Gasteiger partial charge in [0.15, 0.2) is 0 Å². The van der Waals surface area contributed by atoms with E-state index in [4.69, 9.17) is 5.73 Å². The van der Waals surface area contributed by atoms with Gasteiger partial charge in [0.25, 0.3) is 0 Å². The Morgan fingerprint density at radius 3 is 2.70 bits per heavy atom. The van der Waals surface area contributed by atoms with E-state index in [-0.39, 0.29) is 11.9 Å². The van der Waals surface area contributed by atoms with Gasteiger partial charge in [0.2, 0.25) is 15.9 Å². The number of thiol groups is 1. The average Bonchev–Trinajstić information content (AvgIpc) is 2.47. The lowest BCUT2D eigenvalue weighted by atomic mass is 9.98. The van der Waals surface area contributed by atoms with Crippen molar-refractivity contribution in [3.63, 3.8) is 0 Å². The van der Waals surface area contributed by atoms with Crippen LogP contribution in [0.5, 0.6) is 0 Å². The van der Waals surface area contributed by atoms with Crippen LogP contribution in [0.25, 0.3) is 0 Å². The summed E-state index contributed by atoms with van der Waals surface area (Å²) < 4.78 is 25.7. The molecule has 4 N–H and O–H groups in total. The molecule has 0 heterocycles. The number of amides is 1. The highest BCUT2D eigenvalue weighted by molar-refractivity contribution is 7.90. The first kappa shape index (κ1) is 20.1. The third kappa shape index (κ3) is 6.19. The normalized spacial score (nSPS) is 19.0. The molecule has 0 fully saturated rings. The standard InChI is InChI=1S/C15H27N3O3S2/c1-10(2)23(20,21)17-9-5-4-6-14(19)18-13-8-7-12(16)15(22)11(13)3/h7,10,13,17,22H,4-6,8-9,16H2,1-3H3,(H,18,19)/t13-/m1/s1. The Labute approximate surface area is 144 Å². The molecule has 0 spiro atoms. The number of carbonyl (C=O) groups is 1. The molecule has 1 aliphatic rings. The maximum absolute atomic E-state index is 12.0. The highest BCUT2D eigenvalue weighted by Gasteiger charge is 2.20. The molecular formula is C15H27N3O3S2. The van der Waals surface area contributed by atoms with E-state index in [2.05, 4.69) is 22.7 Å². The van der Waals surface area contributed by atoms with Crippen LogP contribution in [0, 0.1) is 0 Å². The quantitative estimate of drug-likeness (QED) is 0.388. The smallest absolute Gasteiger partial charge is 0.220 e. The first-order valence-corrected chi connectivity index (χ1v) is 9.78. The minimum Gasteiger partial charge on any atom is -0.398 e. The van der Waals surface area contributed by atoms with Gasteiger partial charge in [-0.05, 0) is 45.6 Å². The summed E-state index contributed by atoms with van der Waals surface area (Å²) in [6, 6.07) is -0.0678. The van der Waals surface area contributed by atoms with Crippen LogP contribution in [0.2, 0.25) is 0 Å². The summed E-state index contributed by atoms with van der Waals surface area (Å²) in [5.41, 5.74) is 7.40. The summed E-state index contributed by atoms with van der Waals surface area (Å²) in [6.07, 6.45) is 4.16. The van der Waals surface area contributed by atoms with Gasteiger partial charge in [-0.3, -0.25) is 4.79 Å². The Balaban J connectivity index is 2.29. The molecule has 6 nitrogen and oxygen atoms in total. The lowest BCUT2D eigenvalue weighted by Gasteiger charge is -2.24. The van der Waals surface area contributed by atoms with Crippen molar-refractivity contribution < 1.29 is 13.2 Å². The van der Waals surface area contributed by atoms with Crippen LogP contribution in [-0.2, 0) is 14.8 Å². The molecule has 1 atom stereocenters. The molecule has 0 aromatic heterocycles. The second kappa shape index (κ2) is 8.75. The average molecular weight is 362 g/mol. The van der Waals surface area contributed by atoms with Gasteiger partial charge in [0, 0.05) is 23.6 Å². The molecule has 0 bridgehead atoms. The minimum atomic E-state index is -3.22. The monoisotopic (exact) mass is 361 g/mol. The van der Waals surface area contributed by atoms with Gasteiger partial charge in [-0.2, -0.15) is 0 Å². The van der Waals surface area contributed by atoms with Crippen molar-refractivity contribution in [2.24, 2.45) is 5.73 Å². The zero-order valence-corrected chi connectivity index (χ0v) is 15.6. The lowest BCUT2D eigenvalue weighted by molar-refractivity contribution is -0.121. The molecule has 8 heteroatoms. The zero-order chi connectivity index (χ0) is 17.6. The third-order valence-electron chi connectivity index (χ3n) is 3.83. The molecule has 1 aliphatic carbocycles. The molecule has 0 aromatic carbocycles. The van der Waals surface area contributed by atoms with Crippen LogP contribution in [0.4, 0.5) is 0 Å². The minimum absolute atomic E-state index is 0.0453. The van der Waals surface area contributed by atoms with E-state index in [0.717, 1.165) is 10.5 Å². The number of carbonyl (C=O) groups excluding carboxylic acids is 1. The number of nitrogens with two attached hydrogens (primary N) is 1. The van der Waals surface area contributed by atoms with Crippen LogP contribution in [-0.4, -0.2) is 32.2 Å². The van der Waals surface area contributed by atoms with E-state index in [0.29, 0.717) is 37.9 Å². The molecule has 0 aliphatic heterocycles. The Hall–Kier alpha value is -0.990. The Bertz CT molecular complexity index is 595. The fraction of sp³-hybridized carbons (Fsp3) is 0.667. The van der Waals surface area contributed by atoms with Gasteiger partial charge in [-0.15, -0.1) is 12.6 Å². The second-order valence-corrected chi connectivity index (χ2v) is 8.76. The van der Waals surface area contributed by atoms with Crippen LogP contribution in [0.3, 0.4) is 0 Å². The SMILES string of the molecule is CC1=C(S)C(N)=CC[C@H]1NC(=O)CCCCNS(=O)(=O)C(C)C. The van der Waals surface area contributed by atoms with Crippen LogP contribution in [0.15, 0.2) is 22.3 Å². The molecule has 0 radical (unpaired) electrons. The largest absolute Gasteiger partial charge is 0.398 e.